The van der Waals surface area contributed by atoms with Gasteiger partial charge in [-0.2, -0.15) is 0 Å². The van der Waals surface area contributed by atoms with E-state index in [1.54, 1.807) is 4.68 Å². The van der Waals surface area contributed by atoms with Crippen LogP contribution in [0.15, 0.2) is 5.16 Å². The van der Waals surface area contributed by atoms with Gasteiger partial charge in [-0.15, -0.1) is 5.10 Å². The molecular formula is C13H21N5O3S. The molecule has 2 atom stereocenters. The van der Waals surface area contributed by atoms with Crippen LogP contribution in [0.3, 0.4) is 0 Å². The molecule has 2 saturated heterocycles. The second-order valence-corrected chi connectivity index (χ2v) is 6.45. The van der Waals surface area contributed by atoms with Crippen molar-refractivity contribution in [1.82, 2.24) is 25.5 Å². The number of amides is 1. The maximum Gasteiger partial charge on any atom is 0.230 e. The Hall–Kier alpha value is -1.19. The molecule has 0 aromatic carbocycles. The van der Waals surface area contributed by atoms with Gasteiger partial charge in [-0.25, -0.2) is 4.68 Å². The minimum atomic E-state index is -0.0211. The van der Waals surface area contributed by atoms with Crippen LogP contribution < -0.4 is 5.32 Å². The molecule has 122 valence electrons. The summed E-state index contributed by atoms with van der Waals surface area (Å²) >= 11 is 1.35. The van der Waals surface area contributed by atoms with Gasteiger partial charge in [-0.1, -0.05) is 11.8 Å². The van der Waals surface area contributed by atoms with E-state index >= 15 is 0 Å². The predicted octanol–water partition coefficient (Wildman–Crippen LogP) is 0.239. The first-order valence-electron chi connectivity index (χ1n) is 7.70. The summed E-state index contributed by atoms with van der Waals surface area (Å²) in [6, 6.07) is 0. The predicted molar refractivity (Wildman–Crippen MR) is 79.5 cm³/mol. The fraction of sp³-hybridized carbons (Fsp3) is 0.846. The van der Waals surface area contributed by atoms with Gasteiger partial charge in [-0.05, 0) is 36.1 Å². The molecule has 2 fully saturated rings. The summed E-state index contributed by atoms with van der Waals surface area (Å²) in [6.07, 6.45) is 4.56. The average molecular weight is 327 g/mol. The van der Waals surface area contributed by atoms with Crippen molar-refractivity contribution < 1.29 is 14.3 Å². The van der Waals surface area contributed by atoms with Crippen molar-refractivity contribution in [3.63, 3.8) is 0 Å². The molecule has 0 aliphatic carbocycles. The molecule has 9 heteroatoms. The fourth-order valence-corrected chi connectivity index (χ4v) is 3.33. The summed E-state index contributed by atoms with van der Waals surface area (Å²) in [5, 5.41) is 15.2. The number of aromatic nitrogens is 4. The largest absolute Gasteiger partial charge is 0.376 e. The van der Waals surface area contributed by atoms with Crippen LogP contribution >= 0.6 is 11.8 Å². The van der Waals surface area contributed by atoms with E-state index in [1.807, 2.05) is 0 Å². The zero-order valence-electron chi connectivity index (χ0n) is 12.4. The summed E-state index contributed by atoms with van der Waals surface area (Å²) in [7, 11) is 0. The number of carbonyl (C=O) groups is 1. The van der Waals surface area contributed by atoms with E-state index < -0.39 is 0 Å². The van der Waals surface area contributed by atoms with E-state index in [4.69, 9.17) is 9.47 Å². The molecule has 1 aromatic rings. The smallest absolute Gasteiger partial charge is 0.230 e. The van der Waals surface area contributed by atoms with Gasteiger partial charge in [0.2, 0.25) is 11.1 Å². The molecule has 3 heterocycles. The number of rotatable bonds is 7. The Kier molecular flexibility index (Phi) is 5.63. The number of hydrogen-bond acceptors (Lipinski definition) is 7. The highest BCUT2D eigenvalue weighted by Gasteiger charge is 2.20. The van der Waals surface area contributed by atoms with E-state index in [1.165, 1.54) is 11.8 Å². The van der Waals surface area contributed by atoms with Crippen LogP contribution in [-0.4, -0.2) is 63.8 Å². The topological polar surface area (TPSA) is 91.2 Å². The minimum Gasteiger partial charge on any atom is -0.376 e. The highest BCUT2D eigenvalue weighted by molar-refractivity contribution is 7.99. The Labute approximate surface area is 133 Å². The van der Waals surface area contributed by atoms with Gasteiger partial charge >= 0.3 is 0 Å². The second kappa shape index (κ2) is 7.89. The molecule has 1 amide bonds. The lowest BCUT2D eigenvalue weighted by atomic mass is 10.2. The quantitative estimate of drug-likeness (QED) is 0.717. The van der Waals surface area contributed by atoms with Gasteiger partial charge in [0.1, 0.15) is 0 Å². The molecule has 22 heavy (non-hydrogen) atoms. The molecule has 0 radical (unpaired) electrons. The molecule has 3 rings (SSSR count). The summed E-state index contributed by atoms with van der Waals surface area (Å²) < 4.78 is 12.8. The molecule has 2 aliphatic heterocycles. The zero-order valence-corrected chi connectivity index (χ0v) is 13.3. The van der Waals surface area contributed by atoms with Crippen molar-refractivity contribution in [3.8, 4) is 0 Å². The Morgan fingerprint density at radius 2 is 2.05 bits per heavy atom. The molecular weight excluding hydrogens is 306 g/mol. The first-order chi connectivity index (χ1) is 10.8. The van der Waals surface area contributed by atoms with Crippen molar-refractivity contribution in [1.29, 1.82) is 0 Å². The summed E-state index contributed by atoms with van der Waals surface area (Å²) in [5.74, 6) is 0.283. The highest BCUT2D eigenvalue weighted by Crippen LogP contribution is 2.18. The molecule has 0 unspecified atom stereocenters. The third kappa shape index (κ3) is 4.40. The van der Waals surface area contributed by atoms with Crippen molar-refractivity contribution in [2.45, 2.75) is 49.6 Å². The SMILES string of the molecule is O=C(CSc1nnnn1C[C@H]1CCCO1)NC[C@H]1CCCO1. The lowest BCUT2D eigenvalue weighted by Crippen LogP contribution is -2.33. The van der Waals surface area contributed by atoms with Crippen LogP contribution in [0.1, 0.15) is 25.7 Å². The van der Waals surface area contributed by atoms with Crippen LogP contribution in [0.2, 0.25) is 0 Å². The van der Waals surface area contributed by atoms with Crippen molar-refractivity contribution >= 4 is 17.7 Å². The highest BCUT2D eigenvalue weighted by atomic mass is 32.2. The third-order valence-electron chi connectivity index (χ3n) is 3.78. The number of tetrazole rings is 1. The minimum absolute atomic E-state index is 0.0211. The van der Waals surface area contributed by atoms with Crippen LogP contribution in [0.4, 0.5) is 0 Å². The molecule has 2 aliphatic rings. The van der Waals surface area contributed by atoms with Gasteiger partial charge in [0.05, 0.1) is 24.5 Å². The normalized spacial score (nSPS) is 24.7. The van der Waals surface area contributed by atoms with Crippen molar-refractivity contribution in [2.24, 2.45) is 0 Å². The number of nitrogens with one attached hydrogen (secondary N) is 1. The summed E-state index contributed by atoms with van der Waals surface area (Å²) in [4.78, 5) is 11.9. The van der Waals surface area contributed by atoms with Crippen LogP contribution in [0.5, 0.6) is 0 Å². The fourth-order valence-electron chi connectivity index (χ4n) is 2.61. The van der Waals surface area contributed by atoms with Crippen LogP contribution in [0, 0.1) is 0 Å². The number of hydrogen-bond donors (Lipinski definition) is 1. The number of nitrogens with zero attached hydrogens (tertiary/aromatic N) is 4. The molecule has 8 nitrogen and oxygen atoms in total. The monoisotopic (exact) mass is 327 g/mol. The first-order valence-corrected chi connectivity index (χ1v) is 8.68. The van der Waals surface area contributed by atoms with E-state index in [2.05, 4.69) is 20.8 Å². The third-order valence-corrected chi connectivity index (χ3v) is 4.74. The van der Waals surface area contributed by atoms with E-state index in [0.717, 1.165) is 38.9 Å². The van der Waals surface area contributed by atoms with Gasteiger partial charge in [0.25, 0.3) is 0 Å². The number of thioether (sulfide) groups is 1. The first kappa shape index (κ1) is 15.7. The Morgan fingerprint density at radius 3 is 2.77 bits per heavy atom. The Morgan fingerprint density at radius 1 is 1.27 bits per heavy atom. The lowest BCUT2D eigenvalue weighted by molar-refractivity contribution is -0.119. The summed E-state index contributed by atoms with van der Waals surface area (Å²) in [6.45, 7) is 2.83. The second-order valence-electron chi connectivity index (χ2n) is 5.51. The average Bonchev–Trinajstić information content (AvgIpc) is 3.26. The van der Waals surface area contributed by atoms with Crippen molar-refractivity contribution in [3.05, 3.63) is 0 Å². The lowest BCUT2D eigenvalue weighted by Gasteiger charge is -2.11. The Balaban J connectivity index is 1.40. The van der Waals surface area contributed by atoms with Gasteiger partial charge in [0, 0.05) is 19.8 Å². The van der Waals surface area contributed by atoms with E-state index in [0.29, 0.717) is 24.0 Å². The van der Waals surface area contributed by atoms with Gasteiger partial charge < -0.3 is 14.8 Å². The Bertz CT molecular complexity index is 486. The van der Waals surface area contributed by atoms with Crippen LogP contribution in [-0.2, 0) is 20.8 Å². The van der Waals surface area contributed by atoms with Crippen LogP contribution in [0.25, 0.3) is 0 Å². The summed E-state index contributed by atoms with van der Waals surface area (Å²) in [5.41, 5.74) is 0. The molecule has 1 aromatic heterocycles. The maximum atomic E-state index is 11.9. The zero-order chi connectivity index (χ0) is 15.2. The number of carbonyl (C=O) groups excluding carboxylic acids is 1. The van der Waals surface area contributed by atoms with Crippen molar-refractivity contribution in [2.75, 3.05) is 25.5 Å². The maximum absolute atomic E-state index is 11.9. The van der Waals surface area contributed by atoms with E-state index in [-0.39, 0.29) is 18.1 Å². The van der Waals surface area contributed by atoms with Gasteiger partial charge in [-0.3, -0.25) is 4.79 Å². The molecule has 1 N–H and O–H groups in total. The molecule has 0 bridgehead atoms. The van der Waals surface area contributed by atoms with E-state index in [9.17, 15) is 4.79 Å². The number of ether oxygens (including phenoxy) is 2. The van der Waals surface area contributed by atoms with Gasteiger partial charge in [0.15, 0.2) is 0 Å². The standard InChI is InChI=1S/C13H21N5O3S/c19-12(14-7-10-3-1-5-20-10)9-22-13-15-16-17-18(13)8-11-4-2-6-21-11/h10-11H,1-9H2,(H,14,19)/t10-,11-/m1/s1. The molecule has 0 spiro atoms. The molecule has 0 saturated carbocycles.